The number of carbonyl (C=O) groups is 1. The number of unbranched alkanes of at least 4 members (excludes halogenated alkanes) is 9. The Morgan fingerprint density at radius 2 is 1.48 bits per heavy atom. The summed E-state index contributed by atoms with van der Waals surface area (Å²) in [5.41, 5.74) is 2.47. The average molecular weight is 589 g/mol. The van der Waals surface area contributed by atoms with Crippen LogP contribution in [-0.2, 0) is 19.6 Å². The molecule has 1 atom stereocenters. The zero-order valence-corrected chi connectivity index (χ0v) is 26.2. The van der Waals surface area contributed by atoms with Gasteiger partial charge in [-0.25, -0.2) is 0 Å². The predicted octanol–water partition coefficient (Wildman–Crippen LogP) is 8.04. The molecule has 0 aliphatic heterocycles. The molecule has 0 aliphatic rings. The summed E-state index contributed by atoms with van der Waals surface area (Å²) in [6.45, 7) is 4.16. The molecule has 0 radical (unpaired) electrons. The van der Waals surface area contributed by atoms with Gasteiger partial charge in [-0.3, -0.25) is 4.79 Å². The van der Waals surface area contributed by atoms with Crippen LogP contribution in [0, 0.1) is 6.92 Å². The van der Waals surface area contributed by atoms with Gasteiger partial charge in [0.2, 0.25) is 0 Å². The van der Waals surface area contributed by atoms with E-state index in [0.29, 0.717) is 25.0 Å². The highest BCUT2D eigenvalue weighted by Crippen LogP contribution is 2.22. The third-order valence-electron chi connectivity index (χ3n) is 6.90. The summed E-state index contributed by atoms with van der Waals surface area (Å²) in [5, 5.41) is 4.08. The summed E-state index contributed by atoms with van der Waals surface area (Å²) < 4.78 is 30.7. The Hall–Kier alpha value is -2.32. The minimum atomic E-state index is -3.78. The zero-order valence-electron chi connectivity index (χ0n) is 24.6. The molecule has 0 aliphatic carbocycles. The molecule has 40 heavy (non-hydrogen) atoms. The van der Waals surface area contributed by atoms with Crippen molar-refractivity contribution in [2.24, 2.45) is 5.10 Å². The first kappa shape index (κ1) is 33.9. The van der Waals surface area contributed by atoms with E-state index in [1.54, 1.807) is 36.0 Å². The van der Waals surface area contributed by atoms with E-state index in [0.717, 1.165) is 23.3 Å². The van der Waals surface area contributed by atoms with Crippen LogP contribution in [0.3, 0.4) is 0 Å². The summed E-state index contributed by atoms with van der Waals surface area (Å²) in [4.78, 5) is 15.0. The van der Waals surface area contributed by atoms with Crippen LogP contribution in [0.2, 0.25) is 0 Å². The second kappa shape index (κ2) is 19.7. The van der Waals surface area contributed by atoms with Crippen molar-refractivity contribution >= 4 is 33.5 Å². The van der Waals surface area contributed by atoms with Crippen LogP contribution in [0.4, 0.5) is 0 Å². The van der Waals surface area contributed by atoms with Gasteiger partial charge in [0.1, 0.15) is 5.25 Å². The Morgan fingerprint density at radius 3 is 2.08 bits per heavy atom. The monoisotopic (exact) mass is 588 g/mol. The minimum absolute atomic E-state index is 0.170. The normalized spacial score (nSPS) is 12.7. The lowest BCUT2D eigenvalue weighted by Crippen LogP contribution is -2.22. The molecule has 2 aromatic rings. The van der Waals surface area contributed by atoms with Gasteiger partial charge in [-0.2, -0.15) is 18.4 Å². The molecule has 222 valence electrons. The fraction of sp³-hybridized carbons (Fsp3) is 0.562. The van der Waals surface area contributed by atoms with Crippen molar-refractivity contribution in [3.63, 3.8) is 0 Å². The number of methoxy groups -OCH3 is 1. The number of benzene rings is 2. The smallest absolute Gasteiger partial charge is 0.318 e. The van der Waals surface area contributed by atoms with Crippen molar-refractivity contribution in [1.29, 1.82) is 0 Å². The highest BCUT2D eigenvalue weighted by atomic mass is 32.2. The average Bonchev–Trinajstić information content (AvgIpc) is 2.96. The van der Waals surface area contributed by atoms with Crippen LogP contribution < -0.4 is 4.83 Å². The van der Waals surface area contributed by atoms with Gasteiger partial charge in [0.15, 0.2) is 0 Å². The molecule has 0 bridgehead atoms. The third kappa shape index (κ3) is 13.4. The number of esters is 1. The molecule has 0 saturated carbocycles. The number of ether oxygens (including phenoxy) is 1. The van der Waals surface area contributed by atoms with Crippen molar-refractivity contribution in [2.45, 2.75) is 107 Å². The number of hydrazone groups is 1. The molecule has 0 fully saturated rings. The first-order chi connectivity index (χ1) is 19.4. The molecule has 8 heteroatoms. The maximum absolute atomic E-state index is 12.8. The van der Waals surface area contributed by atoms with E-state index in [1.807, 2.05) is 37.3 Å². The van der Waals surface area contributed by atoms with Crippen LogP contribution in [0.25, 0.3) is 0 Å². The summed E-state index contributed by atoms with van der Waals surface area (Å²) >= 11 is 1.67. The molecule has 6 nitrogen and oxygen atoms in total. The van der Waals surface area contributed by atoms with E-state index in [1.165, 1.54) is 64.9 Å². The molecular weight excluding hydrogens is 540 g/mol. The van der Waals surface area contributed by atoms with Gasteiger partial charge in [-0.1, -0.05) is 113 Å². The second-order valence-corrected chi connectivity index (χ2v) is 13.3. The van der Waals surface area contributed by atoms with Crippen molar-refractivity contribution < 1.29 is 17.9 Å². The molecule has 1 N–H and O–H groups in total. The summed E-state index contributed by atoms with van der Waals surface area (Å²) in [6.07, 6.45) is 14.8. The molecule has 0 heterocycles. The molecule has 2 rings (SSSR count). The SMILES string of the molecule is CCCCCCCCCCCCSC(CCC/C(=N/NS(=O)(=O)c1ccc(C)cc1)c1ccccc1)C(=O)OC. The number of nitrogens with zero attached hydrogens (tertiary/aromatic N) is 1. The van der Waals surface area contributed by atoms with E-state index >= 15 is 0 Å². The Bertz CT molecular complexity index is 1100. The Balaban J connectivity index is 1.85. The second-order valence-electron chi connectivity index (χ2n) is 10.3. The van der Waals surface area contributed by atoms with Crippen molar-refractivity contribution in [3.8, 4) is 0 Å². The van der Waals surface area contributed by atoms with E-state index in [-0.39, 0.29) is 16.1 Å². The standard InChI is InChI=1S/C32H48N2O4S2/c1-4-5-6-7-8-9-10-11-12-16-26-39-31(32(35)38-3)21-17-20-30(28-18-14-13-15-19-28)33-34-40(36,37)29-24-22-27(2)23-25-29/h13-15,18-19,22-25,31,34H,4-12,16-17,20-21,26H2,1-3H3/b33-30-. The van der Waals surface area contributed by atoms with Gasteiger partial charge >= 0.3 is 5.97 Å². The van der Waals surface area contributed by atoms with E-state index in [4.69, 9.17) is 4.74 Å². The Morgan fingerprint density at radius 1 is 0.875 bits per heavy atom. The Labute approximate surface area is 246 Å². The predicted molar refractivity (Wildman–Crippen MR) is 168 cm³/mol. The van der Waals surface area contributed by atoms with Gasteiger partial charge < -0.3 is 4.74 Å². The number of thioether (sulfide) groups is 1. The fourth-order valence-electron chi connectivity index (χ4n) is 4.45. The minimum Gasteiger partial charge on any atom is -0.468 e. The molecule has 0 saturated heterocycles. The first-order valence-corrected chi connectivity index (χ1v) is 17.3. The molecule has 0 spiro atoms. The summed E-state index contributed by atoms with van der Waals surface area (Å²) in [5.74, 6) is 0.738. The fourth-order valence-corrected chi connectivity index (χ4v) is 6.50. The molecule has 0 aromatic heterocycles. The lowest BCUT2D eigenvalue weighted by molar-refractivity contribution is -0.140. The zero-order chi connectivity index (χ0) is 29.1. The van der Waals surface area contributed by atoms with Gasteiger partial charge in [-0.05, 0) is 56.1 Å². The molecule has 2 aromatic carbocycles. The number of sulfonamides is 1. The van der Waals surface area contributed by atoms with Crippen LogP contribution in [0.15, 0.2) is 64.6 Å². The van der Waals surface area contributed by atoms with Crippen LogP contribution in [0.1, 0.15) is 102 Å². The number of hydrogen-bond acceptors (Lipinski definition) is 6. The van der Waals surface area contributed by atoms with Crippen LogP contribution >= 0.6 is 11.8 Å². The van der Waals surface area contributed by atoms with Crippen LogP contribution in [0.5, 0.6) is 0 Å². The summed E-state index contributed by atoms with van der Waals surface area (Å²) in [6, 6.07) is 16.2. The number of rotatable bonds is 21. The van der Waals surface area contributed by atoms with E-state index < -0.39 is 10.0 Å². The molecule has 1 unspecified atom stereocenters. The Kier molecular flexibility index (Phi) is 16.7. The highest BCUT2D eigenvalue weighted by molar-refractivity contribution is 8.00. The third-order valence-corrected chi connectivity index (χ3v) is 9.48. The van der Waals surface area contributed by atoms with Crippen LogP contribution in [-0.4, -0.2) is 38.2 Å². The highest BCUT2D eigenvalue weighted by Gasteiger charge is 2.20. The number of carbonyl (C=O) groups excluding carboxylic acids is 1. The largest absolute Gasteiger partial charge is 0.468 e. The lowest BCUT2D eigenvalue weighted by Gasteiger charge is -2.15. The van der Waals surface area contributed by atoms with E-state index in [9.17, 15) is 13.2 Å². The maximum Gasteiger partial charge on any atom is 0.318 e. The maximum atomic E-state index is 12.8. The molecule has 0 amide bonds. The quantitative estimate of drug-likeness (QED) is 0.0690. The van der Waals surface area contributed by atoms with Gasteiger partial charge in [0, 0.05) is 0 Å². The van der Waals surface area contributed by atoms with E-state index in [2.05, 4.69) is 16.9 Å². The topological polar surface area (TPSA) is 84.8 Å². The summed E-state index contributed by atoms with van der Waals surface area (Å²) in [7, 11) is -2.35. The van der Waals surface area contributed by atoms with Crippen molar-refractivity contribution in [2.75, 3.05) is 12.9 Å². The van der Waals surface area contributed by atoms with Gasteiger partial charge in [0.05, 0.1) is 17.7 Å². The van der Waals surface area contributed by atoms with Gasteiger partial charge in [0.25, 0.3) is 10.0 Å². The van der Waals surface area contributed by atoms with Crippen molar-refractivity contribution in [1.82, 2.24) is 4.83 Å². The number of aryl methyl sites for hydroxylation is 1. The number of nitrogens with one attached hydrogen (secondary N) is 1. The van der Waals surface area contributed by atoms with Gasteiger partial charge in [-0.15, -0.1) is 11.8 Å². The number of hydrogen-bond donors (Lipinski definition) is 1. The first-order valence-electron chi connectivity index (χ1n) is 14.8. The van der Waals surface area contributed by atoms with Crippen molar-refractivity contribution in [3.05, 3.63) is 65.7 Å². The lowest BCUT2D eigenvalue weighted by atomic mass is 10.0. The molecular formula is C32H48N2O4S2.